The fourth-order valence-electron chi connectivity index (χ4n) is 1.39. The van der Waals surface area contributed by atoms with Gasteiger partial charge >= 0.3 is 0 Å². The molecule has 0 fully saturated rings. The third kappa shape index (κ3) is 3.83. The van der Waals surface area contributed by atoms with Crippen LogP contribution in [-0.2, 0) is 13.1 Å². The van der Waals surface area contributed by atoms with Crippen LogP contribution < -0.4 is 5.32 Å². The predicted octanol–water partition coefficient (Wildman–Crippen LogP) is 2.99. The number of hydrogen-bond acceptors (Lipinski definition) is 4. The van der Waals surface area contributed by atoms with Gasteiger partial charge in [-0.1, -0.05) is 0 Å². The summed E-state index contributed by atoms with van der Waals surface area (Å²) in [5.74, 6) is 0. The zero-order valence-corrected chi connectivity index (χ0v) is 13.0. The monoisotopic (exact) mass is 370 g/mol. The van der Waals surface area contributed by atoms with E-state index in [-0.39, 0.29) is 0 Å². The van der Waals surface area contributed by atoms with Crippen LogP contribution >= 0.6 is 31.9 Å². The molecule has 0 aliphatic heterocycles. The molecule has 0 saturated heterocycles. The maximum Gasteiger partial charge on any atom is 0.0724 e. The summed E-state index contributed by atoms with van der Waals surface area (Å²) in [4.78, 5) is 12.8. The lowest BCUT2D eigenvalue weighted by atomic mass is 10.3. The lowest BCUT2D eigenvalue weighted by molar-refractivity contribution is 0.661. The van der Waals surface area contributed by atoms with Crippen LogP contribution in [0.1, 0.15) is 17.1 Å². The van der Waals surface area contributed by atoms with E-state index in [1.54, 1.807) is 18.6 Å². The molecule has 6 heteroatoms. The number of aryl methyl sites for hydroxylation is 1. The van der Waals surface area contributed by atoms with E-state index < -0.39 is 0 Å². The standard InChI is InChI=1S/C12H12Br2N4/c1-8-3-17-10(6-16-8)5-15-7-12-11(14)2-9(13)4-18-12/h2-4,6,15H,5,7H2,1H3. The fourth-order valence-corrected chi connectivity index (χ4v) is 2.52. The van der Waals surface area contributed by atoms with Crippen molar-refractivity contribution in [1.82, 2.24) is 20.3 Å². The van der Waals surface area contributed by atoms with Crippen LogP contribution in [0.4, 0.5) is 0 Å². The van der Waals surface area contributed by atoms with Crippen molar-refractivity contribution in [2.24, 2.45) is 0 Å². The maximum absolute atomic E-state index is 4.33. The summed E-state index contributed by atoms with van der Waals surface area (Å²) in [6, 6.07) is 1.98. The predicted molar refractivity (Wildman–Crippen MR) is 76.9 cm³/mol. The first-order valence-electron chi connectivity index (χ1n) is 5.43. The molecule has 18 heavy (non-hydrogen) atoms. The topological polar surface area (TPSA) is 50.7 Å². The quantitative estimate of drug-likeness (QED) is 0.897. The van der Waals surface area contributed by atoms with Crippen LogP contribution in [-0.4, -0.2) is 15.0 Å². The van der Waals surface area contributed by atoms with E-state index in [1.165, 1.54) is 0 Å². The molecule has 0 aromatic carbocycles. The van der Waals surface area contributed by atoms with Gasteiger partial charge in [0.15, 0.2) is 0 Å². The first-order valence-corrected chi connectivity index (χ1v) is 7.02. The molecule has 0 unspecified atom stereocenters. The summed E-state index contributed by atoms with van der Waals surface area (Å²) in [6.07, 6.45) is 5.34. The highest BCUT2D eigenvalue weighted by Gasteiger charge is 2.02. The highest BCUT2D eigenvalue weighted by atomic mass is 79.9. The molecule has 0 spiro atoms. The van der Waals surface area contributed by atoms with Gasteiger partial charge in [-0.15, -0.1) is 0 Å². The van der Waals surface area contributed by atoms with Crippen LogP contribution in [0, 0.1) is 6.92 Å². The second-order valence-corrected chi connectivity index (χ2v) is 5.60. The van der Waals surface area contributed by atoms with E-state index in [9.17, 15) is 0 Å². The van der Waals surface area contributed by atoms with Crippen molar-refractivity contribution in [2.45, 2.75) is 20.0 Å². The molecule has 2 aromatic rings. The van der Waals surface area contributed by atoms with Gasteiger partial charge < -0.3 is 5.32 Å². The lowest BCUT2D eigenvalue weighted by Gasteiger charge is -2.06. The third-order valence-electron chi connectivity index (χ3n) is 2.32. The summed E-state index contributed by atoms with van der Waals surface area (Å²) < 4.78 is 1.95. The summed E-state index contributed by atoms with van der Waals surface area (Å²) >= 11 is 6.86. The Morgan fingerprint density at radius 3 is 2.56 bits per heavy atom. The Balaban J connectivity index is 1.90. The molecule has 0 aliphatic carbocycles. The van der Waals surface area contributed by atoms with Crippen LogP contribution in [0.15, 0.2) is 33.6 Å². The zero-order chi connectivity index (χ0) is 13.0. The van der Waals surface area contributed by atoms with Crippen molar-refractivity contribution >= 4 is 31.9 Å². The third-order valence-corrected chi connectivity index (χ3v) is 3.44. The zero-order valence-electron chi connectivity index (χ0n) is 9.82. The molecule has 94 valence electrons. The molecule has 0 radical (unpaired) electrons. The highest BCUT2D eigenvalue weighted by Crippen LogP contribution is 2.19. The van der Waals surface area contributed by atoms with Crippen molar-refractivity contribution in [3.63, 3.8) is 0 Å². The second kappa shape index (κ2) is 6.36. The second-order valence-electron chi connectivity index (χ2n) is 3.83. The Hall–Kier alpha value is -0.850. The molecule has 2 heterocycles. The molecule has 0 aliphatic rings. The minimum absolute atomic E-state index is 0.678. The number of nitrogens with zero attached hydrogens (tertiary/aromatic N) is 3. The van der Waals surface area contributed by atoms with Crippen molar-refractivity contribution in [2.75, 3.05) is 0 Å². The first-order chi connectivity index (χ1) is 8.65. The number of rotatable bonds is 4. The fraction of sp³-hybridized carbons (Fsp3) is 0.250. The largest absolute Gasteiger partial charge is 0.305 e. The number of halogens is 2. The van der Waals surface area contributed by atoms with Gasteiger partial charge in [0.05, 0.1) is 17.1 Å². The van der Waals surface area contributed by atoms with Crippen LogP contribution in [0.2, 0.25) is 0 Å². The van der Waals surface area contributed by atoms with Gasteiger partial charge in [0.1, 0.15) is 0 Å². The average Bonchev–Trinajstić information content (AvgIpc) is 2.34. The van der Waals surface area contributed by atoms with Gasteiger partial charge in [-0.25, -0.2) is 0 Å². The van der Waals surface area contributed by atoms with Crippen LogP contribution in [0.3, 0.4) is 0 Å². The normalized spacial score (nSPS) is 10.6. The lowest BCUT2D eigenvalue weighted by Crippen LogP contribution is -2.15. The molecule has 2 aromatic heterocycles. The van der Waals surface area contributed by atoms with Gasteiger partial charge in [0.2, 0.25) is 0 Å². The van der Waals surface area contributed by atoms with Gasteiger partial charge in [-0.2, -0.15) is 0 Å². The summed E-state index contributed by atoms with van der Waals surface area (Å²) in [5, 5.41) is 3.29. The Bertz CT molecular complexity index is 528. The average molecular weight is 372 g/mol. The Morgan fingerprint density at radius 1 is 1.06 bits per heavy atom. The van der Waals surface area contributed by atoms with Gasteiger partial charge in [0.25, 0.3) is 0 Å². The van der Waals surface area contributed by atoms with Crippen molar-refractivity contribution in [1.29, 1.82) is 0 Å². The molecule has 0 atom stereocenters. The number of aromatic nitrogens is 3. The highest BCUT2D eigenvalue weighted by molar-refractivity contribution is 9.11. The Labute approximate surface area is 123 Å². The van der Waals surface area contributed by atoms with Crippen molar-refractivity contribution < 1.29 is 0 Å². The molecular weight excluding hydrogens is 360 g/mol. The molecule has 0 bridgehead atoms. The first kappa shape index (κ1) is 13.6. The molecule has 0 saturated carbocycles. The van der Waals surface area contributed by atoms with Crippen LogP contribution in [0.25, 0.3) is 0 Å². The molecule has 4 nitrogen and oxygen atoms in total. The van der Waals surface area contributed by atoms with Gasteiger partial charge in [0, 0.05) is 40.6 Å². The van der Waals surface area contributed by atoms with Gasteiger partial charge in [-0.3, -0.25) is 15.0 Å². The SMILES string of the molecule is Cc1cnc(CNCc2ncc(Br)cc2Br)cn1. The minimum Gasteiger partial charge on any atom is -0.305 e. The van der Waals surface area contributed by atoms with E-state index in [4.69, 9.17) is 0 Å². The molecular formula is C12H12Br2N4. The van der Waals surface area contributed by atoms with Gasteiger partial charge in [-0.05, 0) is 44.8 Å². The van der Waals surface area contributed by atoms with E-state index >= 15 is 0 Å². The number of nitrogens with one attached hydrogen (secondary N) is 1. The minimum atomic E-state index is 0.678. The molecule has 2 rings (SSSR count). The number of pyridine rings is 1. The smallest absolute Gasteiger partial charge is 0.0724 e. The Kier molecular flexibility index (Phi) is 4.79. The van der Waals surface area contributed by atoms with E-state index in [1.807, 2.05) is 13.0 Å². The van der Waals surface area contributed by atoms with Crippen molar-refractivity contribution in [3.05, 3.63) is 50.7 Å². The van der Waals surface area contributed by atoms with Crippen LogP contribution in [0.5, 0.6) is 0 Å². The van der Waals surface area contributed by atoms with E-state index in [0.29, 0.717) is 13.1 Å². The summed E-state index contributed by atoms with van der Waals surface area (Å²) in [7, 11) is 0. The summed E-state index contributed by atoms with van der Waals surface area (Å²) in [5.41, 5.74) is 2.82. The van der Waals surface area contributed by atoms with E-state index in [2.05, 4.69) is 52.1 Å². The van der Waals surface area contributed by atoms with Crippen molar-refractivity contribution in [3.8, 4) is 0 Å². The summed E-state index contributed by atoms with van der Waals surface area (Å²) in [6.45, 7) is 3.29. The number of hydrogen-bond donors (Lipinski definition) is 1. The maximum atomic E-state index is 4.33. The van der Waals surface area contributed by atoms with E-state index in [0.717, 1.165) is 26.0 Å². The molecule has 0 amide bonds. The molecule has 1 N–H and O–H groups in total. The Morgan fingerprint density at radius 2 is 1.89 bits per heavy atom.